The Hall–Kier alpha value is -1.80. The Morgan fingerprint density at radius 1 is 1.43 bits per heavy atom. The standard InChI is InChI=1S/C15H20ClN3.C2H4O2/c1-4-12-10-17-14(16)18-13(12)19-15(11(2)3)8-6-5-7-9-15;1-4-2-3/h1,10-11H,5-9H2,2-3H3,(H,17,18,19);2H,1H3. The molecule has 1 aliphatic rings. The monoisotopic (exact) mass is 337 g/mol. The van der Waals surface area contributed by atoms with Crippen molar-refractivity contribution in [2.75, 3.05) is 12.4 Å². The SMILES string of the molecule is C#Cc1cnc(Cl)nc1NC1(C(C)C)CCCCC1.COC=O. The van der Waals surface area contributed by atoms with Crippen LogP contribution in [0.5, 0.6) is 0 Å². The number of nitrogens with zero attached hydrogens (tertiary/aromatic N) is 2. The average Bonchev–Trinajstić information content (AvgIpc) is 2.56. The number of hydrogen-bond acceptors (Lipinski definition) is 5. The van der Waals surface area contributed by atoms with Crippen molar-refractivity contribution in [1.29, 1.82) is 0 Å². The van der Waals surface area contributed by atoms with Crippen LogP contribution in [0.15, 0.2) is 6.20 Å². The van der Waals surface area contributed by atoms with Crippen LogP contribution in [0.2, 0.25) is 5.28 Å². The lowest BCUT2D eigenvalue weighted by Crippen LogP contribution is -2.45. The number of anilines is 1. The number of ether oxygens (including phenoxy) is 1. The Kier molecular flexibility index (Phi) is 7.84. The van der Waals surface area contributed by atoms with E-state index in [9.17, 15) is 0 Å². The van der Waals surface area contributed by atoms with Crippen molar-refractivity contribution >= 4 is 23.9 Å². The predicted molar refractivity (Wildman–Crippen MR) is 92.3 cm³/mol. The van der Waals surface area contributed by atoms with Crippen molar-refractivity contribution in [3.8, 4) is 12.3 Å². The number of carbonyl (C=O) groups is 1. The highest BCUT2D eigenvalue weighted by molar-refractivity contribution is 6.28. The molecule has 1 aliphatic carbocycles. The zero-order valence-corrected chi connectivity index (χ0v) is 14.7. The normalized spacial score (nSPS) is 15.8. The molecule has 1 saturated carbocycles. The van der Waals surface area contributed by atoms with Crippen LogP contribution in [0.4, 0.5) is 5.82 Å². The van der Waals surface area contributed by atoms with Crippen LogP contribution in [0.1, 0.15) is 51.5 Å². The van der Waals surface area contributed by atoms with Gasteiger partial charge in [0, 0.05) is 11.7 Å². The molecule has 0 unspecified atom stereocenters. The zero-order chi connectivity index (χ0) is 17.3. The van der Waals surface area contributed by atoms with Gasteiger partial charge in [0.05, 0.1) is 12.7 Å². The third kappa shape index (κ3) is 5.40. The first-order valence-electron chi connectivity index (χ1n) is 7.73. The molecule has 0 amide bonds. The van der Waals surface area contributed by atoms with E-state index < -0.39 is 0 Å². The number of carbonyl (C=O) groups excluding carboxylic acids is 1. The second-order valence-electron chi connectivity index (χ2n) is 5.87. The molecular formula is C17H24ClN3O2. The molecule has 1 aromatic heterocycles. The Labute approximate surface area is 143 Å². The van der Waals surface area contributed by atoms with E-state index in [0.717, 1.165) is 12.8 Å². The van der Waals surface area contributed by atoms with Crippen molar-refractivity contribution in [2.24, 2.45) is 5.92 Å². The minimum atomic E-state index is 0.0710. The summed E-state index contributed by atoms with van der Waals surface area (Å²) in [6.45, 7) is 4.87. The molecule has 0 aromatic carbocycles. The van der Waals surface area contributed by atoms with E-state index in [1.165, 1.54) is 26.4 Å². The first-order chi connectivity index (χ1) is 11.0. The number of terminal acetylenes is 1. The summed E-state index contributed by atoms with van der Waals surface area (Å²) >= 11 is 5.89. The predicted octanol–water partition coefficient (Wildman–Crippen LogP) is 3.67. The lowest BCUT2D eigenvalue weighted by atomic mass is 9.74. The van der Waals surface area contributed by atoms with E-state index in [1.807, 2.05) is 0 Å². The first kappa shape index (κ1) is 19.2. The van der Waals surface area contributed by atoms with Gasteiger partial charge in [-0.25, -0.2) is 4.98 Å². The molecule has 1 fully saturated rings. The van der Waals surface area contributed by atoms with Crippen molar-refractivity contribution < 1.29 is 9.53 Å². The van der Waals surface area contributed by atoms with Gasteiger partial charge in [0.1, 0.15) is 5.82 Å². The maximum absolute atomic E-state index is 8.95. The molecule has 6 heteroatoms. The van der Waals surface area contributed by atoms with Gasteiger partial charge < -0.3 is 10.1 Å². The minimum absolute atomic E-state index is 0.0710. The van der Waals surface area contributed by atoms with Gasteiger partial charge in [0.15, 0.2) is 0 Å². The topological polar surface area (TPSA) is 64.1 Å². The Morgan fingerprint density at radius 2 is 2.04 bits per heavy atom. The Morgan fingerprint density at radius 3 is 2.52 bits per heavy atom. The summed E-state index contributed by atoms with van der Waals surface area (Å²) in [6, 6.07) is 0. The van der Waals surface area contributed by atoms with Crippen LogP contribution in [-0.4, -0.2) is 29.1 Å². The van der Waals surface area contributed by atoms with Crippen LogP contribution in [-0.2, 0) is 9.53 Å². The number of aromatic nitrogens is 2. The van der Waals surface area contributed by atoms with E-state index in [1.54, 1.807) is 6.20 Å². The minimum Gasteiger partial charge on any atom is -0.471 e. The molecule has 126 valence electrons. The maximum atomic E-state index is 8.95. The first-order valence-corrected chi connectivity index (χ1v) is 8.10. The Bertz CT molecular complexity index is 549. The quantitative estimate of drug-likeness (QED) is 0.516. The molecular weight excluding hydrogens is 314 g/mol. The van der Waals surface area contributed by atoms with Gasteiger partial charge in [0.2, 0.25) is 5.28 Å². The van der Waals surface area contributed by atoms with Gasteiger partial charge in [-0.05, 0) is 30.4 Å². The van der Waals surface area contributed by atoms with Crippen LogP contribution in [0.25, 0.3) is 0 Å². The van der Waals surface area contributed by atoms with Gasteiger partial charge >= 0.3 is 0 Å². The molecule has 0 bridgehead atoms. The molecule has 0 atom stereocenters. The molecule has 1 aromatic rings. The average molecular weight is 338 g/mol. The van der Waals surface area contributed by atoms with E-state index in [2.05, 4.69) is 39.8 Å². The lowest BCUT2D eigenvalue weighted by Gasteiger charge is -2.42. The molecule has 1 N–H and O–H groups in total. The van der Waals surface area contributed by atoms with Crippen LogP contribution >= 0.6 is 11.6 Å². The van der Waals surface area contributed by atoms with Crippen LogP contribution in [0.3, 0.4) is 0 Å². The van der Waals surface area contributed by atoms with Crippen molar-refractivity contribution in [2.45, 2.75) is 51.5 Å². The highest BCUT2D eigenvalue weighted by Gasteiger charge is 2.35. The smallest absolute Gasteiger partial charge is 0.292 e. The zero-order valence-electron chi connectivity index (χ0n) is 13.9. The highest BCUT2D eigenvalue weighted by Crippen LogP contribution is 2.37. The molecule has 23 heavy (non-hydrogen) atoms. The van der Waals surface area contributed by atoms with Gasteiger partial charge in [-0.3, -0.25) is 4.79 Å². The van der Waals surface area contributed by atoms with Crippen molar-refractivity contribution in [3.63, 3.8) is 0 Å². The van der Waals surface area contributed by atoms with Crippen molar-refractivity contribution in [1.82, 2.24) is 9.97 Å². The highest BCUT2D eigenvalue weighted by atomic mass is 35.5. The van der Waals surface area contributed by atoms with E-state index >= 15 is 0 Å². The van der Waals surface area contributed by atoms with Crippen LogP contribution in [0, 0.1) is 18.3 Å². The van der Waals surface area contributed by atoms with Crippen LogP contribution < -0.4 is 5.32 Å². The van der Waals surface area contributed by atoms with E-state index in [-0.39, 0.29) is 10.8 Å². The van der Waals surface area contributed by atoms with E-state index in [4.69, 9.17) is 22.8 Å². The summed E-state index contributed by atoms with van der Waals surface area (Å²) < 4.78 is 3.86. The number of rotatable bonds is 4. The number of nitrogens with one attached hydrogen (secondary N) is 1. The maximum Gasteiger partial charge on any atom is 0.292 e. The third-order valence-corrected chi connectivity index (χ3v) is 4.41. The number of methoxy groups -OCH3 is 1. The lowest BCUT2D eigenvalue weighted by molar-refractivity contribution is -0.126. The molecule has 1 heterocycles. The van der Waals surface area contributed by atoms with Gasteiger partial charge in [-0.2, -0.15) is 4.98 Å². The second-order valence-corrected chi connectivity index (χ2v) is 6.21. The molecule has 5 nitrogen and oxygen atoms in total. The summed E-state index contributed by atoms with van der Waals surface area (Å²) in [7, 11) is 1.31. The summed E-state index contributed by atoms with van der Waals surface area (Å²) in [5.74, 6) is 3.84. The number of hydrogen-bond donors (Lipinski definition) is 1. The second kappa shape index (κ2) is 9.36. The van der Waals surface area contributed by atoms with Crippen molar-refractivity contribution in [3.05, 3.63) is 17.0 Å². The molecule has 0 spiro atoms. The third-order valence-electron chi connectivity index (χ3n) is 4.23. The summed E-state index contributed by atoms with van der Waals surface area (Å²) in [4.78, 5) is 17.2. The fourth-order valence-electron chi connectivity index (χ4n) is 2.83. The number of halogens is 1. The Balaban J connectivity index is 0.000000593. The fourth-order valence-corrected chi connectivity index (χ4v) is 2.96. The summed E-state index contributed by atoms with van der Waals surface area (Å²) in [5.41, 5.74) is 0.747. The van der Waals surface area contributed by atoms with E-state index in [0.29, 0.717) is 23.8 Å². The summed E-state index contributed by atoms with van der Waals surface area (Å²) in [5, 5.41) is 3.81. The molecule has 0 radical (unpaired) electrons. The van der Waals surface area contributed by atoms with Gasteiger partial charge in [0.25, 0.3) is 6.47 Å². The fraction of sp³-hybridized carbons (Fsp3) is 0.588. The van der Waals surface area contributed by atoms with Gasteiger partial charge in [-0.1, -0.05) is 39.0 Å². The molecule has 0 aliphatic heterocycles. The molecule has 2 rings (SSSR count). The largest absolute Gasteiger partial charge is 0.471 e. The summed E-state index contributed by atoms with van der Waals surface area (Å²) in [6.07, 6.45) is 13.2. The molecule has 0 saturated heterocycles. The van der Waals surface area contributed by atoms with Gasteiger partial charge in [-0.15, -0.1) is 6.42 Å².